The van der Waals surface area contributed by atoms with Crippen LogP contribution in [-0.2, 0) is 16.0 Å². The number of nitrogens with one attached hydrogen (secondary N) is 2. The monoisotopic (exact) mass is 381 g/mol. The third-order valence-electron chi connectivity index (χ3n) is 4.38. The summed E-state index contributed by atoms with van der Waals surface area (Å²) in [6.07, 6.45) is 2.50. The number of amides is 2. The number of carbonyl (C=O) groups is 2. The van der Waals surface area contributed by atoms with Crippen molar-refractivity contribution in [1.82, 2.24) is 4.98 Å². The van der Waals surface area contributed by atoms with Crippen molar-refractivity contribution >= 4 is 34.0 Å². The number of carbonyl (C=O) groups excluding carboxylic acids is 2. The predicted molar refractivity (Wildman–Crippen MR) is 102 cm³/mol. The van der Waals surface area contributed by atoms with E-state index in [1.54, 1.807) is 6.20 Å². The van der Waals surface area contributed by atoms with E-state index in [2.05, 4.69) is 15.6 Å². The summed E-state index contributed by atoms with van der Waals surface area (Å²) in [5, 5.41) is 5.88. The molecule has 0 bridgehead atoms. The molecule has 27 heavy (non-hydrogen) atoms. The van der Waals surface area contributed by atoms with E-state index in [-0.39, 0.29) is 18.2 Å². The first-order chi connectivity index (χ1) is 13.1. The molecule has 1 aliphatic heterocycles. The van der Waals surface area contributed by atoms with Gasteiger partial charge < -0.3 is 10.6 Å². The number of fused-ring (bicyclic) bond motifs is 1. The average Bonchev–Trinajstić information content (AvgIpc) is 3.08. The summed E-state index contributed by atoms with van der Waals surface area (Å²) >= 11 is 1.40. The zero-order chi connectivity index (χ0) is 18.8. The summed E-state index contributed by atoms with van der Waals surface area (Å²) in [5.41, 5.74) is 2.11. The van der Waals surface area contributed by atoms with Gasteiger partial charge in [-0.3, -0.25) is 9.59 Å². The van der Waals surface area contributed by atoms with Gasteiger partial charge in [-0.25, -0.2) is 9.37 Å². The van der Waals surface area contributed by atoms with E-state index in [9.17, 15) is 14.0 Å². The minimum absolute atomic E-state index is 0.0205. The van der Waals surface area contributed by atoms with Crippen LogP contribution in [0.4, 0.5) is 15.2 Å². The van der Waals surface area contributed by atoms with Gasteiger partial charge in [0, 0.05) is 29.6 Å². The number of halogens is 1. The summed E-state index contributed by atoms with van der Waals surface area (Å²) in [7, 11) is 0. The van der Waals surface area contributed by atoms with Crippen molar-refractivity contribution in [3.8, 4) is 0 Å². The van der Waals surface area contributed by atoms with E-state index >= 15 is 0 Å². The zero-order valence-corrected chi connectivity index (χ0v) is 15.1. The standard InChI is InChI=1S/C20H16FN3O2S/c21-13-6-7-15-16(10-18(25)23-17(15)9-13)19(26)24-20-22-11-14(27-20)8-12-4-2-1-3-5-12/h1-7,9,11,16H,8,10H2,(H,23,25)(H,22,24,26)/t16-/m0/s1. The lowest BCUT2D eigenvalue weighted by atomic mass is 9.90. The highest BCUT2D eigenvalue weighted by Crippen LogP contribution is 2.34. The van der Waals surface area contributed by atoms with Gasteiger partial charge >= 0.3 is 0 Å². The lowest BCUT2D eigenvalue weighted by Crippen LogP contribution is -2.30. The lowest BCUT2D eigenvalue weighted by molar-refractivity contribution is -0.123. The zero-order valence-electron chi connectivity index (χ0n) is 14.2. The topological polar surface area (TPSA) is 71.1 Å². The molecule has 5 nitrogen and oxygen atoms in total. The van der Waals surface area contributed by atoms with E-state index in [4.69, 9.17) is 0 Å². The van der Waals surface area contributed by atoms with Crippen molar-refractivity contribution in [2.45, 2.75) is 18.8 Å². The Morgan fingerprint density at radius 1 is 1.26 bits per heavy atom. The molecule has 2 amide bonds. The van der Waals surface area contributed by atoms with Crippen LogP contribution in [0.3, 0.4) is 0 Å². The molecule has 1 aromatic heterocycles. The molecule has 0 spiro atoms. The Bertz CT molecular complexity index is 1000. The fourth-order valence-corrected chi connectivity index (χ4v) is 3.96. The maximum atomic E-state index is 13.4. The van der Waals surface area contributed by atoms with Gasteiger partial charge in [0.1, 0.15) is 5.82 Å². The van der Waals surface area contributed by atoms with Gasteiger partial charge in [-0.15, -0.1) is 11.3 Å². The van der Waals surface area contributed by atoms with Crippen LogP contribution in [0.25, 0.3) is 0 Å². The molecular weight excluding hydrogens is 365 g/mol. The Labute approximate surface area is 159 Å². The molecule has 2 aromatic carbocycles. The normalized spacial score (nSPS) is 15.7. The van der Waals surface area contributed by atoms with Crippen LogP contribution in [0.2, 0.25) is 0 Å². The molecule has 0 unspecified atom stereocenters. The smallest absolute Gasteiger partial charge is 0.234 e. The van der Waals surface area contributed by atoms with Gasteiger partial charge in [0.15, 0.2) is 5.13 Å². The van der Waals surface area contributed by atoms with Gasteiger partial charge in [-0.05, 0) is 23.3 Å². The number of nitrogens with zero attached hydrogens (tertiary/aromatic N) is 1. The largest absolute Gasteiger partial charge is 0.326 e. The van der Waals surface area contributed by atoms with Gasteiger partial charge in [-0.2, -0.15) is 0 Å². The molecule has 7 heteroatoms. The van der Waals surface area contributed by atoms with Crippen molar-refractivity contribution in [3.05, 3.63) is 76.5 Å². The van der Waals surface area contributed by atoms with Gasteiger partial charge in [0.2, 0.25) is 11.8 Å². The molecule has 0 fully saturated rings. The van der Waals surface area contributed by atoms with E-state index < -0.39 is 11.7 Å². The highest BCUT2D eigenvalue weighted by atomic mass is 32.1. The van der Waals surface area contributed by atoms with Gasteiger partial charge in [-0.1, -0.05) is 36.4 Å². The Morgan fingerprint density at radius 2 is 2.07 bits per heavy atom. The molecule has 3 aromatic rings. The third kappa shape index (κ3) is 3.88. The van der Waals surface area contributed by atoms with E-state index in [1.807, 2.05) is 30.3 Å². The molecule has 0 radical (unpaired) electrons. The van der Waals surface area contributed by atoms with Crippen molar-refractivity contribution in [2.75, 3.05) is 10.6 Å². The second kappa shape index (κ2) is 7.28. The predicted octanol–water partition coefficient (Wildman–Crippen LogP) is 3.94. The third-order valence-corrected chi connectivity index (χ3v) is 5.29. The molecule has 2 N–H and O–H groups in total. The van der Waals surface area contributed by atoms with Crippen LogP contribution in [0, 0.1) is 5.82 Å². The maximum absolute atomic E-state index is 13.4. The van der Waals surface area contributed by atoms with E-state index in [0.29, 0.717) is 16.4 Å². The van der Waals surface area contributed by atoms with E-state index in [0.717, 1.165) is 11.3 Å². The summed E-state index contributed by atoms with van der Waals surface area (Å²) in [5.74, 6) is -1.76. The minimum Gasteiger partial charge on any atom is -0.326 e. The highest BCUT2D eigenvalue weighted by Gasteiger charge is 2.31. The number of anilines is 2. The molecule has 4 rings (SSSR count). The first-order valence-corrected chi connectivity index (χ1v) is 9.29. The van der Waals surface area contributed by atoms with Crippen molar-refractivity contribution < 1.29 is 14.0 Å². The van der Waals surface area contributed by atoms with Crippen LogP contribution in [0.15, 0.2) is 54.7 Å². The van der Waals surface area contributed by atoms with Crippen LogP contribution in [-0.4, -0.2) is 16.8 Å². The van der Waals surface area contributed by atoms with Crippen molar-refractivity contribution in [2.24, 2.45) is 0 Å². The Kier molecular flexibility index (Phi) is 4.68. The van der Waals surface area contributed by atoms with Crippen LogP contribution < -0.4 is 10.6 Å². The number of rotatable bonds is 4. The van der Waals surface area contributed by atoms with Gasteiger partial charge in [0.25, 0.3) is 0 Å². The van der Waals surface area contributed by atoms with Crippen LogP contribution in [0.1, 0.15) is 28.3 Å². The molecule has 0 saturated heterocycles. The van der Waals surface area contributed by atoms with Crippen LogP contribution >= 0.6 is 11.3 Å². The Morgan fingerprint density at radius 3 is 2.89 bits per heavy atom. The summed E-state index contributed by atoms with van der Waals surface area (Å²) < 4.78 is 13.4. The Balaban J connectivity index is 1.49. The molecule has 1 atom stereocenters. The summed E-state index contributed by atoms with van der Waals surface area (Å²) in [6.45, 7) is 0. The quantitative estimate of drug-likeness (QED) is 0.719. The first kappa shape index (κ1) is 17.4. The fraction of sp³-hybridized carbons (Fsp3) is 0.150. The SMILES string of the molecule is O=C1C[C@H](C(=O)Nc2ncc(Cc3ccccc3)s2)c2ccc(F)cc2N1. The number of aromatic nitrogens is 1. The van der Waals surface area contributed by atoms with Gasteiger partial charge in [0.05, 0.1) is 5.92 Å². The van der Waals surface area contributed by atoms with Crippen molar-refractivity contribution in [1.29, 1.82) is 0 Å². The second-order valence-corrected chi connectivity index (χ2v) is 7.44. The number of benzene rings is 2. The molecular formula is C20H16FN3O2S. The molecule has 0 aliphatic carbocycles. The van der Waals surface area contributed by atoms with Crippen LogP contribution in [0.5, 0.6) is 0 Å². The number of hydrogen-bond acceptors (Lipinski definition) is 4. The summed E-state index contributed by atoms with van der Waals surface area (Å²) in [6, 6.07) is 14.1. The average molecular weight is 381 g/mol. The second-order valence-electron chi connectivity index (χ2n) is 6.32. The molecule has 0 saturated carbocycles. The summed E-state index contributed by atoms with van der Waals surface area (Å²) in [4.78, 5) is 29.9. The highest BCUT2D eigenvalue weighted by molar-refractivity contribution is 7.15. The number of hydrogen-bond donors (Lipinski definition) is 2. The molecule has 2 heterocycles. The fourth-order valence-electron chi connectivity index (χ4n) is 3.11. The molecule has 1 aliphatic rings. The lowest BCUT2D eigenvalue weighted by Gasteiger charge is -2.24. The number of thiazole rings is 1. The van der Waals surface area contributed by atoms with E-state index in [1.165, 1.54) is 35.1 Å². The maximum Gasteiger partial charge on any atom is 0.234 e. The Hall–Kier alpha value is -3.06. The minimum atomic E-state index is -0.671. The first-order valence-electron chi connectivity index (χ1n) is 8.47. The molecule has 136 valence electrons. The van der Waals surface area contributed by atoms with Crippen molar-refractivity contribution in [3.63, 3.8) is 0 Å².